The van der Waals surface area contributed by atoms with Crippen LogP contribution in [0.25, 0.3) is 0 Å². The van der Waals surface area contributed by atoms with E-state index in [1.165, 1.54) is 0 Å². The van der Waals surface area contributed by atoms with E-state index in [1.54, 1.807) is 24.3 Å². The summed E-state index contributed by atoms with van der Waals surface area (Å²) < 4.78 is 10.4. The van der Waals surface area contributed by atoms with Gasteiger partial charge in [0.2, 0.25) is 0 Å². The van der Waals surface area contributed by atoms with E-state index in [0.717, 1.165) is 37.4 Å². The molecule has 20 heavy (non-hydrogen) atoms. The Balaban J connectivity index is 0.000000388. The zero-order valence-corrected chi connectivity index (χ0v) is 12.1. The molecular weight excluding hydrogens is 256 g/mol. The highest BCUT2D eigenvalue weighted by Crippen LogP contribution is 2.04. The fraction of sp³-hybridized carbons (Fsp3) is 0.571. The predicted molar refractivity (Wildman–Crippen MR) is 84.2 cm³/mol. The van der Waals surface area contributed by atoms with Crippen LogP contribution in [0.5, 0.6) is 0 Å². The van der Waals surface area contributed by atoms with Gasteiger partial charge in [0.15, 0.2) is 0 Å². The Labute approximate surface area is 121 Å². The standard InChI is InChI=1S/C8H20N2O2.C6H8N2/c9-3-1-5-11-7-8-12-6-2-4-10;7-5-1-2-6(8)4-3-5/h1-10H2;1-4H,7-8H2. The Morgan fingerprint density at radius 3 is 1.30 bits per heavy atom. The van der Waals surface area contributed by atoms with Crippen molar-refractivity contribution in [2.45, 2.75) is 12.8 Å². The molecule has 0 unspecified atom stereocenters. The number of hydrogen-bond donors (Lipinski definition) is 4. The summed E-state index contributed by atoms with van der Waals surface area (Å²) in [6, 6.07) is 7.09. The van der Waals surface area contributed by atoms with Gasteiger partial charge in [0.25, 0.3) is 0 Å². The van der Waals surface area contributed by atoms with Crippen molar-refractivity contribution in [2.24, 2.45) is 11.5 Å². The molecular formula is C14H28N4O2. The van der Waals surface area contributed by atoms with E-state index in [2.05, 4.69) is 0 Å². The minimum Gasteiger partial charge on any atom is -0.399 e. The lowest BCUT2D eigenvalue weighted by molar-refractivity contribution is 0.0471. The van der Waals surface area contributed by atoms with E-state index >= 15 is 0 Å². The molecule has 1 aromatic carbocycles. The molecule has 0 aliphatic rings. The molecule has 1 rings (SSSR count). The highest BCUT2D eigenvalue weighted by atomic mass is 16.5. The summed E-state index contributed by atoms with van der Waals surface area (Å²) in [5.41, 5.74) is 22.8. The maximum Gasteiger partial charge on any atom is 0.0700 e. The third kappa shape index (κ3) is 13.1. The van der Waals surface area contributed by atoms with E-state index in [-0.39, 0.29) is 0 Å². The van der Waals surface area contributed by atoms with Crippen molar-refractivity contribution in [3.63, 3.8) is 0 Å². The van der Waals surface area contributed by atoms with Crippen LogP contribution in [-0.2, 0) is 9.47 Å². The van der Waals surface area contributed by atoms with Crippen LogP contribution in [0.4, 0.5) is 11.4 Å². The van der Waals surface area contributed by atoms with Gasteiger partial charge < -0.3 is 32.4 Å². The van der Waals surface area contributed by atoms with Crippen molar-refractivity contribution in [1.29, 1.82) is 0 Å². The van der Waals surface area contributed by atoms with Crippen molar-refractivity contribution < 1.29 is 9.47 Å². The van der Waals surface area contributed by atoms with E-state index in [9.17, 15) is 0 Å². The largest absolute Gasteiger partial charge is 0.399 e. The number of hydrogen-bond acceptors (Lipinski definition) is 6. The summed E-state index contributed by atoms with van der Waals surface area (Å²) in [5.74, 6) is 0. The Bertz CT molecular complexity index is 276. The van der Waals surface area contributed by atoms with Crippen LogP contribution in [0.3, 0.4) is 0 Å². The first-order valence-corrected chi connectivity index (χ1v) is 6.87. The highest BCUT2D eigenvalue weighted by Gasteiger charge is 1.88. The maximum absolute atomic E-state index is 5.37. The lowest BCUT2D eigenvalue weighted by Crippen LogP contribution is -2.10. The number of rotatable bonds is 9. The fourth-order valence-electron chi connectivity index (χ4n) is 1.19. The fourth-order valence-corrected chi connectivity index (χ4v) is 1.19. The van der Waals surface area contributed by atoms with Gasteiger partial charge in [0.05, 0.1) is 13.2 Å². The number of nitrogen functional groups attached to an aromatic ring is 2. The first-order valence-electron chi connectivity index (χ1n) is 6.87. The molecule has 1 aromatic rings. The minimum atomic E-state index is 0.657. The third-order valence-corrected chi connectivity index (χ3v) is 2.29. The molecule has 0 bridgehead atoms. The minimum absolute atomic E-state index is 0.657. The lowest BCUT2D eigenvalue weighted by Gasteiger charge is -2.03. The monoisotopic (exact) mass is 284 g/mol. The van der Waals surface area contributed by atoms with Gasteiger partial charge in [-0.3, -0.25) is 0 Å². The number of ether oxygens (including phenoxy) is 2. The molecule has 8 N–H and O–H groups in total. The van der Waals surface area contributed by atoms with Crippen LogP contribution >= 0.6 is 0 Å². The molecule has 0 aliphatic carbocycles. The molecule has 0 spiro atoms. The number of nitrogens with two attached hydrogens (primary N) is 4. The molecule has 0 aliphatic heterocycles. The Morgan fingerprint density at radius 1 is 0.650 bits per heavy atom. The van der Waals surface area contributed by atoms with E-state index in [1.807, 2.05) is 0 Å². The van der Waals surface area contributed by atoms with Gasteiger partial charge in [-0.05, 0) is 50.2 Å². The zero-order chi connectivity index (χ0) is 15.1. The quantitative estimate of drug-likeness (QED) is 0.388. The molecule has 116 valence electrons. The maximum atomic E-state index is 5.37. The van der Waals surface area contributed by atoms with Gasteiger partial charge in [-0.25, -0.2) is 0 Å². The van der Waals surface area contributed by atoms with Gasteiger partial charge in [-0.1, -0.05) is 0 Å². The van der Waals surface area contributed by atoms with E-state index in [4.69, 9.17) is 32.4 Å². The van der Waals surface area contributed by atoms with Gasteiger partial charge >= 0.3 is 0 Å². The molecule has 6 nitrogen and oxygen atoms in total. The SMILES string of the molecule is NCCCOCCOCCCN.Nc1ccc(N)cc1. The van der Waals surface area contributed by atoms with Gasteiger partial charge in [0.1, 0.15) is 0 Å². The summed E-state index contributed by atoms with van der Waals surface area (Å²) in [6.45, 7) is 4.16. The summed E-state index contributed by atoms with van der Waals surface area (Å²) in [7, 11) is 0. The van der Waals surface area contributed by atoms with Crippen molar-refractivity contribution in [1.82, 2.24) is 0 Å². The second kappa shape index (κ2) is 14.1. The summed E-state index contributed by atoms with van der Waals surface area (Å²) in [5, 5.41) is 0. The topological polar surface area (TPSA) is 123 Å². The summed E-state index contributed by atoms with van der Waals surface area (Å²) in [6.07, 6.45) is 1.84. The van der Waals surface area contributed by atoms with Crippen molar-refractivity contribution >= 4 is 11.4 Å². The molecule has 0 saturated heterocycles. The van der Waals surface area contributed by atoms with Crippen molar-refractivity contribution in [3.8, 4) is 0 Å². The Hall–Kier alpha value is -1.34. The molecule has 0 radical (unpaired) electrons. The second-order valence-corrected chi connectivity index (χ2v) is 4.18. The Kier molecular flexibility index (Phi) is 13.1. The van der Waals surface area contributed by atoms with Crippen molar-refractivity contribution in [3.05, 3.63) is 24.3 Å². The van der Waals surface area contributed by atoms with Gasteiger partial charge in [-0.2, -0.15) is 0 Å². The van der Waals surface area contributed by atoms with Gasteiger partial charge in [-0.15, -0.1) is 0 Å². The third-order valence-electron chi connectivity index (χ3n) is 2.29. The number of anilines is 2. The predicted octanol–water partition coefficient (Wildman–Crippen LogP) is 0.568. The van der Waals surface area contributed by atoms with Crippen molar-refractivity contribution in [2.75, 3.05) is 51.0 Å². The van der Waals surface area contributed by atoms with Crippen LogP contribution in [0.2, 0.25) is 0 Å². The number of benzene rings is 1. The first-order chi connectivity index (χ1) is 9.70. The molecule has 0 heterocycles. The van der Waals surface area contributed by atoms with E-state index in [0.29, 0.717) is 26.3 Å². The lowest BCUT2D eigenvalue weighted by atomic mass is 10.3. The molecule has 0 saturated carbocycles. The molecule has 0 fully saturated rings. The molecule has 6 heteroatoms. The highest BCUT2D eigenvalue weighted by molar-refractivity contribution is 5.47. The average Bonchev–Trinajstić information content (AvgIpc) is 2.46. The van der Waals surface area contributed by atoms with Crippen LogP contribution in [0.15, 0.2) is 24.3 Å². The Morgan fingerprint density at radius 2 is 1.00 bits per heavy atom. The smallest absolute Gasteiger partial charge is 0.0700 e. The molecule has 0 aromatic heterocycles. The summed E-state index contributed by atoms with van der Waals surface area (Å²) >= 11 is 0. The van der Waals surface area contributed by atoms with E-state index < -0.39 is 0 Å². The zero-order valence-electron chi connectivity index (χ0n) is 12.1. The summed E-state index contributed by atoms with van der Waals surface area (Å²) in [4.78, 5) is 0. The second-order valence-electron chi connectivity index (χ2n) is 4.18. The molecule has 0 atom stereocenters. The first kappa shape index (κ1) is 18.7. The molecule has 0 amide bonds. The average molecular weight is 284 g/mol. The van der Waals surface area contributed by atoms with Crippen LogP contribution in [-0.4, -0.2) is 39.5 Å². The van der Waals surface area contributed by atoms with Crippen LogP contribution in [0.1, 0.15) is 12.8 Å². The normalized spacial score (nSPS) is 9.90. The van der Waals surface area contributed by atoms with Gasteiger partial charge in [0, 0.05) is 24.6 Å². The van der Waals surface area contributed by atoms with Crippen LogP contribution < -0.4 is 22.9 Å². The van der Waals surface area contributed by atoms with Crippen LogP contribution in [0, 0.1) is 0 Å².